The van der Waals surface area contributed by atoms with Gasteiger partial charge < -0.3 is 4.57 Å². The Morgan fingerprint density at radius 1 is 1.33 bits per heavy atom. The van der Waals surface area contributed by atoms with Gasteiger partial charge in [0.05, 0.1) is 21.5 Å². The maximum absolute atomic E-state index is 10.9. The molecule has 6 heteroatoms. The second-order valence-electron chi connectivity index (χ2n) is 5.19. The first-order valence-electron chi connectivity index (χ1n) is 7.46. The zero-order chi connectivity index (χ0) is 17.1. The molecule has 0 unspecified atom stereocenters. The predicted octanol–water partition coefficient (Wildman–Crippen LogP) is 4.03. The molecule has 24 heavy (non-hydrogen) atoms. The third kappa shape index (κ3) is 2.75. The number of nitro benzene ring substituents is 1. The third-order valence-electron chi connectivity index (χ3n) is 3.72. The van der Waals surface area contributed by atoms with E-state index in [2.05, 4.69) is 11.1 Å². The van der Waals surface area contributed by atoms with Crippen molar-refractivity contribution in [3.05, 3.63) is 70.0 Å². The molecule has 118 valence electrons. The minimum atomic E-state index is -0.454. The second kappa shape index (κ2) is 6.34. The highest BCUT2D eigenvalue weighted by Gasteiger charge is 2.14. The molecular formula is C18H14N4O2. The van der Waals surface area contributed by atoms with Crippen LogP contribution in [0.3, 0.4) is 0 Å². The zero-order valence-corrected chi connectivity index (χ0v) is 13.0. The summed E-state index contributed by atoms with van der Waals surface area (Å²) in [6.07, 6.45) is 1.63. The predicted molar refractivity (Wildman–Crippen MR) is 92.0 cm³/mol. The van der Waals surface area contributed by atoms with E-state index in [4.69, 9.17) is 0 Å². The Labute approximate surface area is 138 Å². The lowest BCUT2D eigenvalue weighted by Gasteiger charge is -2.05. The summed E-state index contributed by atoms with van der Waals surface area (Å²) in [7, 11) is 0. The number of nitriles is 1. The highest BCUT2D eigenvalue weighted by molar-refractivity contribution is 5.91. The lowest BCUT2D eigenvalue weighted by molar-refractivity contribution is -0.384. The first-order valence-corrected chi connectivity index (χ1v) is 7.46. The molecule has 2 aromatic carbocycles. The molecule has 0 atom stereocenters. The van der Waals surface area contributed by atoms with Crippen molar-refractivity contribution in [2.45, 2.75) is 13.5 Å². The van der Waals surface area contributed by atoms with Gasteiger partial charge in [-0.05, 0) is 30.7 Å². The molecule has 0 radical (unpaired) electrons. The number of fused-ring (bicyclic) bond motifs is 1. The van der Waals surface area contributed by atoms with Gasteiger partial charge in [0, 0.05) is 18.7 Å². The van der Waals surface area contributed by atoms with E-state index in [1.165, 1.54) is 12.1 Å². The number of nitro groups is 1. The summed E-state index contributed by atoms with van der Waals surface area (Å²) in [6, 6.07) is 16.0. The SMILES string of the molecule is CCn1c(C(C#N)=Cc2cccc([N+](=O)[O-])c2)nc2ccccc21. The number of imidazole rings is 1. The number of hydrogen-bond donors (Lipinski definition) is 0. The van der Waals surface area contributed by atoms with Gasteiger partial charge in [0.25, 0.3) is 5.69 Å². The molecule has 0 N–H and O–H groups in total. The minimum absolute atomic E-state index is 0.00923. The molecule has 0 bridgehead atoms. The van der Waals surface area contributed by atoms with Crippen LogP contribution in [0.5, 0.6) is 0 Å². The quantitative estimate of drug-likeness (QED) is 0.413. The molecule has 0 saturated heterocycles. The fourth-order valence-electron chi connectivity index (χ4n) is 2.64. The van der Waals surface area contributed by atoms with Crippen LogP contribution in [0.1, 0.15) is 18.3 Å². The standard InChI is InChI=1S/C18H14N4O2/c1-2-21-17-9-4-3-8-16(17)20-18(21)14(12-19)10-13-6-5-7-15(11-13)22(23)24/h3-11H,2H2,1H3. The summed E-state index contributed by atoms with van der Waals surface area (Å²) in [5, 5.41) is 20.5. The highest BCUT2D eigenvalue weighted by Crippen LogP contribution is 2.24. The van der Waals surface area contributed by atoms with Crippen molar-refractivity contribution in [1.29, 1.82) is 5.26 Å². The smallest absolute Gasteiger partial charge is 0.270 e. The summed E-state index contributed by atoms with van der Waals surface area (Å²) in [6.45, 7) is 2.66. The summed E-state index contributed by atoms with van der Waals surface area (Å²) >= 11 is 0. The molecule has 6 nitrogen and oxygen atoms in total. The van der Waals surface area contributed by atoms with Crippen LogP contribution in [0.15, 0.2) is 48.5 Å². The first kappa shape index (κ1) is 15.4. The van der Waals surface area contributed by atoms with E-state index in [-0.39, 0.29) is 5.69 Å². The Morgan fingerprint density at radius 3 is 2.83 bits per heavy atom. The van der Waals surface area contributed by atoms with Gasteiger partial charge in [-0.2, -0.15) is 5.26 Å². The number of aryl methyl sites for hydroxylation is 1. The topological polar surface area (TPSA) is 84.8 Å². The molecule has 3 rings (SSSR count). The summed E-state index contributed by atoms with van der Waals surface area (Å²) in [5.41, 5.74) is 2.72. The lowest BCUT2D eigenvalue weighted by Crippen LogP contribution is -2.00. The molecule has 0 spiro atoms. The molecule has 0 fully saturated rings. The second-order valence-corrected chi connectivity index (χ2v) is 5.19. The van der Waals surface area contributed by atoms with Crippen molar-refractivity contribution < 1.29 is 4.92 Å². The first-order chi connectivity index (χ1) is 11.6. The van der Waals surface area contributed by atoms with Crippen molar-refractivity contribution in [2.75, 3.05) is 0 Å². The number of benzene rings is 2. The van der Waals surface area contributed by atoms with E-state index in [0.717, 1.165) is 11.0 Å². The Bertz CT molecular complexity index is 996. The number of rotatable bonds is 4. The number of aromatic nitrogens is 2. The number of nitrogens with zero attached hydrogens (tertiary/aromatic N) is 4. The zero-order valence-electron chi connectivity index (χ0n) is 13.0. The van der Waals surface area contributed by atoms with Gasteiger partial charge in [0.15, 0.2) is 5.82 Å². The summed E-state index contributed by atoms with van der Waals surface area (Å²) < 4.78 is 1.96. The largest absolute Gasteiger partial charge is 0.324 e. The fourth-order valence-corrected chi connectivity index (χ4v) is 2.64. The summed E-state index contributed by atoms with van der Waals surface area (Å²) in [5.74, 6) is 0.563. The maximum atomic E-state index is 10.9. The molecule has 3 aromatic rings. The summed E-state index contributed by atoms with van der Waals surface area (Å²) in [4.78, 5) is 15.0. The number of allylic oxidation sites excluding steroid dienone is 1. The van der Waals surface area contributed by atoms with Crippen LogP contribution in [0.25, 0.3) is 22.7 Å². The fraction of sp³-hybridized carbons (Fsp3) is 0.111. The van der Waals surface area contributed by atoms with Gasteiger partial charge in [-0.25, -0.2) is 4.98 Å². The van der Waals surface area contributed by atoms with Gasteiger partial charge in [-0.1, -0.05) is 24.3 Å². The van der Waals surface area contributed by atoms with Gasteiger partial charge in [-0.15, -0.1) is 0 Å². The van der Waals surface area contributed by atoms with E-state index in [1.807, 2.05) is 35.8 Å². The van der Waals surface area contributed by atoms with Crippen LogP contribution in [0.2, 0.25) is 0 Å². The molecule has 0 aliphatic rings. The highest BCUT2D eigenvalue weighted by atomic mass is 16.6. The van der Waals surface area contributed by atoms with E-state index >= 15 is 0 Å². The minimum Gasteiger partial charge on any atom is -0.324 e. The molecule has 1 heterocycles. The lowest BCUT2D eigenvalue weighted by atomic mass is 10.1. The van der Waals surface area contributed by atoms with Crippen LogP contribution in [-0.4, -0.2) is 14.5 Å². The van der Waals surface area contributed by atoms with E-state index in [0.29, 0.717) is 23.5 Å². The molecule has 0 saturated carbocycles. The molecule has 1 aromatic heterocycles. The van der Waals surface area contributed by atoms with Crippen LogP contribution in [0, 0.1) is 21.4 Å². The van der Waals surface area contributed by atoms with Crippen molar-refractivity contribution in [3.8, 4) is 6.07 Å². The Kier molecular flexibility index (Phi) is 4.08. The molecule has 0 aliphatic heterocycles. The number of non-ortho nitro benzene ring substituents is 1. The van der Waals surface area contributed by atoms with Crippen LogP contribution < -0.4 is 0 Å². The van der Waals surface area contributed by atoms with E-state index in [9.17, 15) is 15.4 Å². The molecule has 0 amide bonds. The number of hydrogen-bond acceptors (Lipinski definition) is 4. The Hall–Kier alpha value is -3.46. The van der Waals surface area contributed by atoms with Crippen molar-refractivity contribution >= 4 is 28.4 Å². The Morgan fingerprint density at radius 2 is 2.12 bits per heavy atom. The van der Waals surface area contributed by atoms with Gasteiger partial charge in [-0.3, -0.25) is 10.1 Å². The average molecular weight is 318 g/mol. The normalized spacial score (nSPS) is 11.4. The van der Waals surface area contributed by atoms with Crippen molar-refractivity contribution in [1.82, 2.24) is 9.55 Å². The number of para-hydroxylation sites is 2. The van der Waals surface area contributed by atoms with E-state index in [1.54, 1.807) is 18.2 Å². The monoisotopic (exact) mass is 318 g/mol. The molecular weight excluding hydrogens is 304 g/mol. The van der Waals surface area contributed by atoms with Crippen molar-refractivity contribution in [2.24, 2.45) is 0 Å². The average Bonchev–Trinajstić information content (AvgIpc) is 2.98. The van der Waals surface area contributed by atoms with Crippen LogP contribution in [-0.2, 0) is 6.54 Å². The van der Waals surface area contributed by atoms with Crippen LogP contribution >= 0.6 is 0 Å². The van der Waals surface area contributed by atoms with Gasteiger partial charge in [0.1, 0.15) is 6.07 Å². The third-order valence-corrected chi connectivity index (χ3v) is 3.72. The van der Waals surface area contributed by atoms with Crippen LogP contribution in [0.4, 0.5) is 5.69 Å². The van der Waals surface area contributed by atoms with Crippen molar-refractivity contribution in [3.63, 3.8) is 0 Å². The van der Waals surface area contributed by atoms with E-state index < -0.39 is 4.92 Å². The Balaban J connectivity index is 2.14. The van der Waals surface area contributed by atoms with Gasteiger partial charge >= 0.3 is 0 Å². The maximum Gasteiger partial charge on any atom is 0.270 e. The molecule has 0 aliphatic carbocycles. The van der Waals surface area contributed by atoms with Gasteiger partial charge in [0.2, 0.25) is 0 Å².